The zero-order valence-electron chi connectivity index (χ0n) is 11.6. The number of carboxylic acid groups (broad SMARTS) is 1. The van der Waals surface area contributed by atoms with Crippen molar-refractivity contribution in [3.63, 3.8) is 0 Å². The van der Waals surface area contributed by atoms with Gasteiger partial charge in [0.05, 0.1) is 5.92 Å². The zero-order chi connectivity index (χ0) is 14.9. The lowest BCUT2D eigenvalue weighted by molar-refractivity contribution is -0.143. The van der Waals surface area contributed by atoms with Crippen molar-refractivity contribution in [1.82, 2.24) is 4.90 Å². The number of hydrogen-bond donors (Lipinski definition) is 1. The van der Waals surface area contributed by atoms with Gasteiger partial charge in [-0.15, -0.1) is 0 Å². The Morgan fingerprint density at radius 2 is 2.05 bits per heavy atom. The fourth-order valence-corrected chi connectivity index (χ4v) is 2.54. The van der Waals surface area contributed by atoms with Gasteiger partial charge >= 0.3 is 5.97 Å². The molecule has 1 amide bonds. The first-order valence-corrected chi connectivity index (χ1v) is 6.70. The summed E-state index contributed by atoms with van der Waals surface area (Å²) in [5.41, 5.74) is 0.817. The van der Waals surface area contributed by atoms with Gasteiger partial charge in [0.1, 0.15) is 5.82 Å². The van der Waals surface area contributed by atoms with Gasteiger partial charge in [0, 0.05) is 18.2 Å². The Morgan fingerprint density at radius 3 is 2.65 bits per heavy atom. The van der Waals surface area contributed by atoms with E-state index in [4.69, 9.17) is 5.11 Å². The minimum Gasteiger partial charge on any atom is -0.481 e. The number of aliphatic carboxylic acids is 1. The molecule has 1 N–H and O–H groups in total. The maximum atomic E-state index is 13.2. The number of hydrogen-bond acceptors (Lipinski definition) is 2. The lowest BCUT2D eigenvalue weighted by Gasteiger charge is -2.36. The van der Waals surface area contributed by atoms with Gasteiger partial charge in [-0.2, -0.15) is 0 Å². The van der Waals surface area contributed by atoms with Crippen LogP contribution < -0.4 is 0 Å². The Morgan fingerprint density at radius 1 is 1.35 bits per heavy atom. The normalized spacial score (nSPS) is 22.6. The molecule has 4 nitrogen and oxygen atoms in total. The van der Waals surface area contributed by atoms with Crippen LogP contribution in [0.25, 0.3) is 0 Å². The summed E-state index contributed by atoms with van der Waals surface area (Å²) in [5.74, 6) is -1.97. The largest absolute Gasteiger partial charge is 0.481 e. The van der Waals surface area contributed by atoms with E-state index in [-0.39, 0.29) is 24.3 Å². The smallest absolute Gasteiger partial charge is 0.308 e. The van der Waals surface area contributed by atoms with Crippen molar-refractivity contribution in [2.75, 3.05) is 6.54 Å². The molecule has 1 fully saturated rings. The molecule has 0 radical (unpaired) electrons. The minimum absolute atomic E-state index is 0.00320. The lowest BCUT2D eigenvalue weighted by Crippen LogP contribution is -2.47. The Balaban J connectivity index is 2.21. The summed E-state index contributed by atoms with van der Waals surface area (Å²) in [6, 6.07) is 4.23. The van der Waals surface area contributed by atoms with Crippen LogP contribution >= 0.6 is 0 Å². The van der Waals surface area contributed by atoms with Gasteiger partial charge in [0.2, 0.25) is 0 Å². The van der Waals surface area contributed by atoms with Crippen LogP contribution in [-0.2, 0) is 4.79 Å². The predicted molar refractivity (Wildman–Crippen MR) is 72.0 cm³/mol. The number of carboxylic acids is 1. The number of carbonyl (C=O) groups excluding carboxylic acids is 1. The lowest BCUT2D eigenvalue weighted by atomic mass is 9.93. The van der Waals surface area contributed by atoms with Crippen LogP contribution in [0, 0.1) is 18.7 Å². The van der Waals surface area contributed by atoms with Crippen molar-refractivity contribution in [2.45, 2.75) is 32.7 Å². The van der Waals surface area contributed by atoms with Crippen LogP contribution in [0.15, 0.2) is 18.2 Å². The van der Waals surface area contributed by atoms with Gasteiger partial charge in [-0.3, -0.25) is 9.59 Å². The average Bonchev–Trinajstić information content (AvgIpc) is 2.41. The maximum Gasteiger partial charge on any atom is 0.308 e. The molecule has 0 spiro atoms. The number of aryl methyl sites for hydroxylation is 1. The molecular weight excluding hydrogens is 261 g/mol. The zero-order valence-corrected chi connectivity index (χ0v) is 11.6. The summed E-state index contributed by atoms with van der Waals surface area (Å²) < 4.78 is 13.2. The highest BCUT2D eigenvalue weighted by atomic mass is 19.1. The summed E-state index contributed by atoms with van der Waals surface area (Å²) in [6.07, 6.45) is 1.26. The number of piperidine rings is 1. The monoisotopic (exact) mass is 279 g/mol. The van der Waals surface area contributed by atoms with E-state index in [1.54, 1.807) is 11.8 Å². The summed E-state index contributed by atoms with van der Waals surface area (Å²) in [5, 5.41) is 9.09. The van der Waals surface area contributed by atoms with Crippen LogP contribution in [0.5, 0.6) is 0 Å². The Labute approximate surface area is 117 Å². The molecule has 5 heteroatoms. The van der Waals surface area contributed by atoms with Crippen molar-refractivity contribution in [1.29, 1.82) is 0 Å². The quantitative estimate of drug-likeness (QED) is 0.904. The first-order chi connectivity index (χ1) is 9.40. The van der Waals surface area contributed by atoms with E-state index in [0.717, 1.165) is 0 Å². The van der Waals surface area contributed by atoms with Crippen molar-refractivity contribution >= 4 is 11.9 Å². The molecule has 1 aliphatic rings. The van der Waals surface area contributed by atoms with E-state index in [2.05, 4.69) is 0 Å². The SMILES string of the molecule is Cc1cc(C(=O)N2CC(C(=O)O)CCC2C)ccc1F. The number of halogens is 1. The number of likely N-dealkylation sites (tertiary alicyclic amines) is 1. The van der Waals surface area contributed by atoms with Crippen LogP contribution in [0.1, 0.15) is 35.7 Å². The highest BCUT2D eigenvalue weighted by Crippen LogP contribution is 2.24. The van der Waals surface area contributed by atoms with Gasteiger partial charge < -0.3 is 10.0 Å². The summed E-state index contributed by atoms with van der Waals surface area (Å²) in [7, 11) is 0. The molecule has 1 aromatic carbocycles. The van der Waals surface area contributed by atoms with Gasteiger partial charge in [0.15, 0.2) is 0 Å². The number of nitrogens with zero attached hydrogens (tertiary/aromatic N) is 1. The van der Waals surface area contributed by atoms with Crippen LogP contribution in [0.3, 0.4) is 0 Å². The molecule has 0 bridgehead atoms. The first-order valence-electron chi connectivity index (χ1n) is 6.70. The molecule has 1 aliphatic heterocycles. The molecule has 1 saturated heterocycles. The fraction of sp³-hybridized carbons (Fsp3) is 0.467. The third-order valence-corrected chi connectivity index (χ3v) is 3.90. The number of carbonyl (C=O) groups is 2. The van der Waals surface area contributed by atoms with Crippen LogP contribution in [0.2, 0.25) is 0 Å². The minimum atomic E-state index is -0.870. The van der Waals surface area contributed by atoms with E-state index in [1.807, 2.05) is 6.92 Å². The Hall–Kier alpha value is -1.91. The molecule has 0 aromatic heterocycles. The highest BCUT2D eigenvalue weighted by molar-refractivity contribution is 5.95. The maximum absolute atomic E-state index is 13.2. The molecule has 0 aliphatic carbocycles. The Kier molecular flexibility index (Phi) is 4.06. The van der Waals surface area contributed by atoms with Crippen LogP contribution in [0.4, 0.5) is 4.39 Å². The number of rotatable bonds is 2. The molecule has 2 atom stereocenters. The van der Waals surface area contributed by atoms with Crippen molar-refractivity contribution in [3.8, 4) is 0 Å². The third kappa shape index (κ3) is 2.81. The number of benzene rings is 1. The topological polar surface area (TPSA) is 57.6 Å². The van der Waals surface area contributed by atoms with E-state index >= 15 is 0 Å². The molecule has 108 valence electrons. The van der Waals surface area contributed by atoms with Gasteiger partial charge in [-0.05, 0) is 50.5 Å². The molecule has 1 heterocycles. The fourth-order valence-electron chi connectivity index (χ4n) is 2.54. The molecule has 2 unspecified atom stereocenters. The highest BCUT2D eigenvalue weighted by Gasteiger charge is 2.32. The van der Waals surface area contributed by atoms with Gasteiger partial charge in [-0.25, -0.2) is 4.39 Å². The first kappa shape index (κ1) is 14.5. The average molecular weight is 279 g/mol. The summed E-state index contributed by atoms with van der Waals surface area (Å²) in [4.78, 5) is 25.1. The van der Waals surface area contributed by atoms with E-state index < -0.39 is 11.9 Å². The molecular formula is C15H18FNO3. The van der Waals surface area contributed by atoms with Gasteiger partial charge in [-0.1, -0.05) is 0 Å². The third-order valence-electron chi connectivity index (χ3n) is 3.90. The van der Waals surface area contributed by atoms with E-state index in [9.17, 15) is 14.0 Å². The molecule has 0 saturated carbocycles. The molecule has 1 aromatic rings. The predicted octanol–water partition coefficient (Wildman–Crippen LogP) is 2.46. The standard InChI is InChI=1S/C15H18FNO3/c1-9-7-11(5-6-13(9)16)14(18)17-8-12(15(19)20)4-3-10(17)2/h5-7,10,12H,3-4,8H2,1-2H3,(H,19,20). The van der Waals surface area contributed by atoms with Crippen molar-refractivity contribution in [2.24, 2.45) is 5.92 Å². The Bertz CT molecular complexity index is 544. The molecule has 20 heavy (non-hydrogen) atoms. The second-order valence-corrected chi connectivity index (χ2v) is 5.38. The van der Waals surface area contributed by atoms with E-state index in [1.165, 1.54) is 18.2 Å². The second kappa shape index (κ2) is 5.61. The molecule has 2 rings (SSSR count). The van der Waals surface area contributed by atoms with Crippen molar-refractivity contribution < 1.29 is 19.1 Å². The summed E-state index contributed by atoms with van der Waals surface area (Å²) >= 11 is 0. The van der Waals surface area contributed by atoms with Gasteiger partial charge in [0.25, 0.3) is 5.91 Å². The summed E-state index contributed by atoms with van der Waals surface area (Å²) in [6.45, 7) is 3.73. The second-order valence-electron chi connectivity index (χ2n) is 5.38. The number of amides is 1. The van der Waals surface area contributed by atoms with Crippen molar-refractivity contribution in [3.05, 3.63) is 35.1 Å². The van der Waals surface area contributed by atoms with Crippen LogP contribution in [-0.4, -0.2) is 34.5 Å². The van der Waals surface area contributed by atoms with E-state index in [0.29, 0.717) is 24.0 Å².